The predicted octanol–water partition coefficient (Wildman–Crippen LogP) is 3.12. The number of carbonyl (C=O) groups excluding carboxylic acids is 1. The summed E-state index contributed by atoms with van der Waals surface area (Å²) >= 11 is 6.08. The average Bonchev–Trinajstić information content (AvgIpc) is 3.16. The van der Waals surface area contributed by atoms with Gasteiger partial charge in [0.1, 0.15) is 6.04 Å². The molecule has 1 saturated heterocycles. The van der Waals surface area contributed by atoms with Crippen molar-refractivity contribution in [2.75, 3.05) is 13.1 Å². The first kappa shape index (κ1) is 18.9. The Bertz CT molecular complexity index is 865. The van der Waals surface area contributed by atoms with Gasteiger partial charge in [-0.05, 0) is 30.0 Å². The molecule has 1 aliphatic rings. The van der Waals surface area contributed by atoms with E-state index < -0.39 is 16.1 Å². The Morgan fingerprint density at radius 3 is 2.31 bits per heavy atom. The third-order valence-electron chi connectivity index (χ3n) is 4.40. The number of likely N-dealkylation sites (tertiary alicyclic amines) is 1. The van der Waals surface area contributed by atoms with Gasteiger partial charge < -0.3 is 4.90 Å². The predicted molar refractivity (Wildman–Crippen MR) is 102 cm³/mol. The highest BCUT2D eigenvalue weighted by atomic mass is 35.5. The van der Waals surface area contributed by atoms with Gasteiger partial charge in [0.2, 0.25) is 15.9 Å². The number of carbonyl (C=O) groups is 1. The fourth-order valence-corrected chi connectivity index (χ4v) is 4.69. The van der Waals surface area contributed by atoms with Gasteiger partial charge in [-0.2, -0.15) is 4.72 Å². The lowest BCUT2D eigenvalue weighted by molar-refractivity contribution is -0.132. The first-order chi connectivity index (χ1) is 12.5. The molecule has 0 unspecified atom stereocenters. The van der Waals surface area contributed by atoms with Crippen molar-refractivity contribution in [1.82, 2.24) is 9.62 Å². The lowest BCUT2D eigenvalue weighted by Crippen LogP contribution is -2.42. The minimum Gasteiger partial charge on any atom is -0.341 e. The molecule has 1 N–H and O–H groups in total. The fraction of sp³-hybridized carbons (Fsp3) is 0.316. The Kier molecular flexibility index (Phi) is 5.96. The fourth-order valence-electron chi connectivity index (χ4n) is 3.07. The number of nitrogens with one attached hydrogen (secondary N) is 1. The number of hydrogen-bond acceptors (Lipinski definition) is 3. The van der Waals surface area contributed by atoms with Crippen LogP contribution in [0.5, 0.6) is 0 Å². The van der Waals surface area contributed by atoms with Crippen LogP contribution in [0, 0.1) is 0 Å². The zero-order chi connectivity index (χ0) is 18.6. The largest absolute Gasteiger partial charge is 0.341 e. The SMILES string of the molecule is O=C([C@@H](NS(=O)(=O)Cc1ccccc1Cl)c1ccccc1)N1CCCC1. The van der Waals surface area contributed by atoms with Crippen LogP contribution in [0.3, 0.4) is 0 Å². The monoisotopic (exact) mass is 392 g/mol. The zero-order valence-electron chi connectivity index (χ0n) is 14.3. The summed E-state index contributed by atoms with van der Waals surface area (Å²) in [4.78, 5) is 14.6. The second-order valence-corrected chi connectivity index (χ2v) is 8.51. The van der Waals surface area contributed by atoms with Crippen molar-refractivity contribution in [3.8, 4) is 0 Å². The standard InChI is InChI=1S/C19H21ClN2O3S/c20-17-11-5-4-10-16(17)14-26(24,25)21-18(15-8-2-1-3-9-15)19(23)22-12-6-7-13-22/h1-5,8-11,18,21H,6-7,12-14H2/t18-/m0/s1. The van der Waals surface area contributed by atoms with Gasteiger partial charge in [-0.25, -0.2) is 8.42 Å². The van der Waals surface area contributed by atoms with Crippen LogP contribution in [0.2, 0.25) is 5.02 Å². The van der Waals surface area contributed by atoms with Crippen LogP contribution in [-0.4, -0.2) is 32.3 Å². The number of sulfonamides is 1. The lowest BCUT2D eigenvalue weighted by Gasteiger charge is -2.24. The van der Waals surface area contributed by atoms with Gasteiger partial charge in [-0.1, -0.05) is 60.1 Å². The molecule has 2 aromatic carbocycles. The van der Waals surface area contributed by atoms with E-state index in [4.69, 9.17) is 11.6 Å². The van der Waals surface area contributed by atoms with E-state index in [1.807, 2.05) is 6.07 Å². The van der Waals surface area contributed by atoms with Gasteiger partial charge in [-0.3, -0.25) is 4.79 Å². The quantitative estimate of drug-likeness (QED) is 0.821. The van der Waals surface area contributed by atoms with Gasteiger partial charge in [0.05, 0.1) is 5.75 Å². The summed E-state index contributed by atoms with van der Waals surface area (Å²) in [6, 6.07) is 14.8. The van der Waals surface area contributed by atoms with Gasteiger partial charge in [0.25, 0.3) is 0 Å². The van der Waals surface area contributed by atoms with Gasteiger partial charge in [0.15, 0.2) is 0 Å². The molecule has 1 fully saturated rings. The normalized spacial score (nSPS) is 15.8. The van der Waals surface area contributed by atoms with Crippen LogP contribution in [0.25, 0.3) is 0 Å². The molecule has 0 spiro atoms. The molecule has 5 nitrogen and oxygen atoms in total. The summed E-state index contributed by atoms with van der Waals surface area (Å²) in [5.41, 5.74) is 1.13. The molecular formula is C19H21ClN2O3S. The minimum absolute atomic E-state index is 0.212. The van der Waals surface area contributed by atoms with Crippen LogP contribution in [-0.2, 0) is 20.6 Å². The highest BCUT2D eigenvalue weighted by Crippen LogP contribution is 2.22. The van der Waals surface area contributed by atoms with E-state index in [1.54, 1.807) is 53.4 Å². The van der Waals surface area contributed by atoms with Crippen LogP contribution in [0.1, 0.15) is 30.0 Å². The maximum atomic E-state index is 12.9. The molecule has 0 aliphatic carbocycles. The van der Waals surface area contributed by atoms with Crippen molar-refractivity contribution in [2.24, 2.45) is 0 Å². The summed E-state index contributed by atoms with van der Waals surface area (Å²) in [6.45, 7) is 1.32. The molecular weight excluding hydrogens is 372 g/mol. The van der Waals surface area contributed by atoms with E-state index >= 15 is 0 Å². The highest BCUT2D eigenvalue weighted by molar-refractivity contribution is 7.88. The van der Waals surface area contributed by atoms with E-state index in [-0.39, 0.29) is 11.7 Å². The van der Waals surface area contributed by atoms with Gasteiger partial charge in [-0.15, -0.1) is 0 Å². The second kappa shape index (κ2) is 8.20. The Morgan fingerprint density at radius 2 is 1.65 bits per heavy atom. The van der Waals surface area contributed by atoms with E-state index in [9.17, 15) is 13.2 Å². The second-order valence-electron chi connectivity index (χ2n) is 6.34. The number of halogens is 1. The molecule has 1 atom stereocenters. The third-order valence-corrected chi connectivity index (χ3v) is 6.05. The van der Waals surface area contributed by atoms with Crippen molar-refractivity contribution in [2.45, 2.75) is 24.6 Å². The van der Waals surface area contributed by atoms with Crippen molar-refractivity contribution in [3.63, 3.8) is 0 Å². The maximum absolute atomic E-state index is 12.9. The maximum Gasteiger partial charge on any atom is 0.245 e. The van der Waals surface area contributed by atoms with Gasteiger partial charge in [0, 0.05) is 18.1 Å². The average molecular weight is 393 g/mol. The summed E-state index contributed by atoms with van der Waals surface area (Å²) in [5, 5.41) is 0.389. The lowest BCUT2D eigenvalue weighted by atomic mass is 10.1. The Balaban J connectivity index is 1.85. The molecule has 0 saturated carbocycles. The molecule has 3 rings (SSSR count). The van der Waals surface area contributed by atoms with Crippen molar-refractivity contribution < 1.29 is 13.2 Å². The first-order valence-electron chi connectivity index (χ1n) is 8.53. The number of benzene rings is 2. The van der Waals surface area contributed by atoms with Gasteiger partial charge >= 0.3 is 0 Å². The summed E-state index contributed by atoms with van der Waals surface area (Å²) in [5.74, 6) is -0.486. The van der Waals surface area contributed by atoms with Crippen LogP contribution >= 0.6 is 11.6 Å². The minimum atomic E-state index is -3.76. The summed E-state index contributed by atoms with van der Waals surface area (Å²) < 4.78 is 28.0. The molecule has 1 heterocycles. The smallest absolute Gasteiger partial charge is 0.245 e. The van der Waals surface area contributed by atoms with Crippen LogP contribution in [0.4, 0.5) is 0 Å². The molecule has 26 heavy (non-hydrogen) atoms. The molecule has 2 aromatic rings. The molecule has 7 heteroatoms. The van der Waals surface area contributed by atoms with Crippen molar-refractivity contribution in [3.05, 3.63) is 70.7 Å². The van der Waals surface area contributed by atoms with Crippen molar-refractivity contribution in [1.29, 1.82) is 0 Å². The first-order valence-corrected chi connectivity index (χ1v) is 10.6. The molecule has 0 bridgehead atoms. The molecule has 0 radical (unpaired) electrons. The third kappa shape index (κ3) is 4.63. The Hall–Kier alpha value is -1.89. The highest BCUT2D eigenvalue weighted by Gasteiger charge is 2.31. The van der Waals surface area contributed by atoms with E-state index in [2.05, 4.69) is 4.72 Å². The van der Waals surface area contributed by atoms with Crippen molar-refractivity contribution >= 4 is 27.5 Å². The van der Waals surface area contributed by atoms with E-state index in [1.165, 1.54) is 0 Å². The summed E-state index contributed by atoms with van der Waals surface area (Å²) in [6.07, 6.45) is 1.89. The van der Waals surface area contributed by atoms with Crippen LogP contribution in [0.15, 0.2) is 54.6 Å². The topological polar surface area (TPSA) is 66.5 Å². The summed E-state index contributed by atoms with van der Waals surface area (Å²) in [7, 11) is -3.76. The molecule has 138 valence electrons. The number of hydrogen-bond donors (Lipinski definition) is 1. The number of amides is 1. The Morgan fingerprint density at radius 1 is 1.04 bits per heavy atom. The Labute approximate surface area is 159 Å². The van der Waals surface area contributed by atoms with Crippen LogP contribution < -0.4 is 4.72 Å². The number of rotatable bonds is 6. The molecule has 1 aliphatic heterocycles. The molecule has 0 aromatic heterocycles. The number of nitrogens with zero attached hydrogens (tertiary/aromatic N) is 1. The molecule has 1 amide bonds. The van der Waals surface area contributed by atoms with E-state index in [0.29, 0.717) is 29.2 Å². The van der Waals surface area contributed by atoms with E-state index in [0.717, 1.165) is 12.8 Å². The zero-order valence-corrected chi connectivity index (χ0v) is 15.8.